The molecule has 0 fully saturated rings. The Labute approximate surface area is 198 Å². The van der Waals surface area contributed by atoms with E-state index in [1.54, 1.807) is 54.3 Å². The van der Waals surface area contributed by atoms with Crippen LogP contribution in [0, 0.1) is 6.92 Å². The van der Waals surface area contributed by atoms with Gasteiger partial charge >= 0.3 is 0 Å². The molecule has 1 aliphatic rings. The summed E-state index contributed by atoms with van der Waals surface area (Å²) in [5.74, 6) is 0.160. The van der Waals surface area contributed by atoms with E-state index in [-0.39, 0.29) is 16.4 Å². The lowest BCUT2D eigenvalue weighted by atomic mass is 10.1. The summed E-state index contributed by atoms with van der Waals surface area (Å²) in [5, 5.41) is 2.82. The van der Waals surface area contributed by atoms with Crippen LogP contribution in [0.2, 0.25) is 0 Å². The molecule has 0 spiro atoms. The highest BCUT2D eigenvalue weighted by Gasteiger charge is 2.23. The Morgan fingerprint density at radius 3 is 2.35 bits per heavy atom. The molecule has 176 valence electrons. The van der Waals surface area contributed by atoms with E-state index >= 15 is 0 Å². The zero-order valence-electron chi connectivity index (χ0n) is 19.1. The monoisotopic (exact) mass is 479 g/mol. The fraction of sp³-hybridized carbons (Fsp3) is 0.200. The Bertz CT molecular complexity index is 1370. The Morgan fingerprint density at radius 1 is 0.971 bits per heavy atom. The van der Waals surface area contributed by atoms with Gasteiger partial charge in [0.05, 0.1) is 12.0 Å². The molecular formula is C25H25N3O5S. The van der Waals surface area contributed by atoms with E-state index in [2.05, 4.69) is 10.0 Å². The van der Waals surface area contributed by atoms with Crippen LogP contribution >= 0.6 is 0 Å². The summed E-state index contributed by atoms with van der Waals surface area (Å²) in [6.07, 6.45) is 0.711. The zero-order chi connectivity index (χ0) is 24.5. The number of hydrogen-bond acceptors (Lipinski definition) is 5. The van der Waals surface area contributed by atoms with Gasteiger partial charge in [-0.25, -0.2) is 8.42 Å². The second-order valence-electron chi connectivity index (χ2n) is 8.03. The number of rotatable bonds is 6. The van der Waals surface area contributed by atoms with Gasteiger partial charge in [-0.05, 0) is 79.1 Å². The third kappa shape index (κ3) is 4.74. The molecule has 9 heteroatoms. The van der Waals surface area contributed by atoms with E-state index in [1.807, 2.05) is 12.1 Å². The van der Waals surface area contributed by atoms with Gasteiger partial charge < -0.3 is 15.0 Å². The molecule has 1 heterocycles. The molecule has 34 heavy (non-hydrogen) atoms. The minimum absolute atomic E-state index is 0.0158. The number of amides is 2. The summed E-state index contributed by atoms with van der Waals surface area (Å²) in [6.45, 7) is 3.81. The number of aryl methyl sites for hydroxylation is 1. The number of anilines is 3. The Morgan fingerprint density at radius 2 is 1.68 bits per heavy atom. The maximum Gasteiger partial charge on any atom is 0.262 e. The topological polar surface area (TPSA) is 105 Å². The minimum Gasteiger partial charge on any atom is -0.497 e. The first-order chi connectivity index (χ1) is 16.2. The lowest BCUT2D eigenvalue weighted by Crippen LogP contribution is -2.25. The standard InChI is InChI=1S/C25H25N3O5S/c1-16-4-5-19(15-24(16)34(31,32)27-20-6-9-22(33-3)10-7-20)25(30)26-21-8-11-23-18(14-21)12-13-28(23)17(2)29/h4-11,14-15,27H,12-13H2,1-3H3,(H,26,30). The van der Waals surface area contributed by atoms with Crippen molar-refractivity contribution in [2.75, 3.05) is 28.6 Å². The molecule has 3 aromatic carbocycles. The second kappa shape index (κ2) is 9.18. The Hall–Kier alpha value is -3.85. The third-order valence-electron chi connectivity index (χ3n) is 5.70. The van der Waals surface area contributed by atoms with Gasteiger partial charge in [-0.15, -0.1) is 0 Å². The van der Waals surface area contributed by atoms with Gasteiger partial charge in [-0.1, -0.05) is 6.07 Å². The van der Waals surface area contributed by atoms with Crippen LogP contribution in [0.1, 0.15) is 28.4 Å². The van der Waals surface area contributed by atoms with Crippen molar-refractivity contribution in [2.24, 2.45) is 0 Å². The lowest BCUT2D eigenvalue weighted by molar-refractivity contribution is -0.116. The molecule has 8 nitrogen and oxygen atoms in total. The van der Waals surface area contributed by atoms with Crippen molar-refractivity contribution in [2.45, 2.75) is 25.2 Å². The van der Waals surface area contributed by atoms with E-state index in [0.717, 1.165) is 11.3 Å². The van der Waals surface area contributed by atoms with Crippen LogP contribution in [-0.4, -0.2) is 33.9 Å². The SMILES string of the molecule is COc1ccc(NS(=O)(=O)c2cc(C(=O)Nc3ccc4c(c3)CCN4C(C)=O)ccc2C)cc1. The number of methoxy groups -OCH3 is 1. The molecule has 0 unspecified atom stereocenters. The number of ether oxygens (including phenoxy) is 1. The van der Waals surface area contributed by atoms with Crippen LogP contribution in [0.3, 0.4) is 0 Å². The fourth-order valence-electron chi connectivity index (χ4n) is 3.91. The molecule has 0 saturated heterocycles. The third-order valence-corrected chi connectivity index (χ3v) is 7.22. The number of benzene rings is 3. The van der Waals surface area contributed by atoms with Crippen molar-refractivity contribution in [1.29, 1.82) is 0 Å². The maximum absolute atomic E-state index is 13.0. The summed E-state index contributed by atoms with van der Waals surface area (Å²) in [6, 6.07) is 16.4. The van der Waals surface area contributed by atoms with E-state index < -0.39 is 15.9 Å². The van der Waals surface area contributed by atoms with Gasteiger partial charge in [0.15, 0.2) is 0 Å². The predicted molar refractivity (Wildman–Crippen MR) is 131 cm³/mol. The number of fused-ring (bicyclic) bond motifs is 1. The van der Waals surface area contributed by atoms with Crippen LogP contribution in [0.5, 0.6) is 5.75 Å². The van der Waals surface area contributed by atoms with Crippen LogP contribution in [0.15, 0.2) is 65.6 Å². The van der Waals surface area contributed by atoms with Gasteiger partial charge in [0.1, 0.15) is 5.75 Å². The van der Waals surface area contributed by atoms with Crippen LogP contribution < -0.4 is 19.7 Å². The average molecular weight is 480 g/mol. The number of carbonyl (C=O) groups is 2. The summed E-state index contributed by atoms with van der Waals surface area (Å²) in [5.41, 5.74) is 3.51. The van der Waals surface area contributed by atoms with E-state index in [0.29, 0.717) is 35.7 Å². The van der Waals surface area contributed by atoms with Crippen LogP contribution in [0.4, 0.5) is 17.1 Å². The minimum atomic E-state index is -3.92. The largest absolute Gasteiger partial charge is 0.497 e. The van der Waals surface area contributed by atoms with Crippen LogP contribution in [-0.2, 0) is 21.2 Å². The molecule has 0 bridgehead atoms. The van der Waals surface area contributed by atoms with Gasteiger partial charge in [-0.3, -0.25) is 14.3 Å². The number of carbonyl (C=O) groups excluding carboxylic acids is 2. The first kappa shape index (κ1) is 23.3. The fourth-order valence-corrected chi connectivity index (χ4v) is 5.24. The van der Waals surface area contributed by atoms with Crippen molar-refractivity contribution >= 4 is 38.9 Å². The number of sulfonamides is 1. The number of nitrogens with zero attached hydrogens (tertiary/aromatic N) is 1. The number of hydrogen-bond donors (Lipinski definition) is 2. The number of nitrogens with one attached hydrogen (secondary N) is 2. The van der Waals surface area contributed by atoms with E-state index in [9.17, 15) is 18.0 Å². The summed E-state index contributed by atoms with van der Waals surface area (Å²) >= 11 is 0. The molecular weight excluding hydrogens is 454 g/mol. The molecule has 2 amide bonds. The highest BCUT2D eigenvalue weighted by Crippen LogP contribution is 2.31. The molecule has 0 aromatic heterocycles. The van der Waals surface area contributed by atoms with Gasteiger partial charge in [-0.2, -0.15) is 0 Å². The molecule has 1 aliphatic heterocycles. The Balaban J connectivity index is 1.54. The first-order valence-electron chi connectivity index (χ1n) is 10.7. The molecule has 4 rings (SSSR count). The van der Waals surface area contributed by atoms with Crippen molar-refractivity contribution in [1.82, 2.24) is 0 Å². The quantitative estimate of drug-likeness (QED) is 0.557. The molecule has 3 aromatic rings. The van der Waals surface area contributed by atoms with Crippen molar-refractivity contribution < 1.29 is 22.7 Å². The first-order valence-corrected chi connectivity index (χ1v) is 12.2. The average Bonchev–Trinajstić information content (AvgIpc) is 3.23. The molecule has 0 aliphatic carbocycles. The van der Waals surface area contributed by atoms with Crippen LogP contribution in [0.25, 0.3) is 0 Å². The smallest absolute Gasteiger partial charge is 0.262 e. The van der Waals surface area contributed by atoms with Crippen molar-refractivity contribution in [3.63, 3.8) is 0 Å². The second-order valence-corrected chi connectivity index (χ2v) is 9.68. The Kier molecular flexibility index (Phi) is 6.30. The summed E-state index contributed by atoms with van der Waals surface area (Å²) in [7, 11) is -2.39. The zero-order valence-corrected chi connectivity index (χ0v) is 19.9. The van der Waals surface area contributed by atoms with Crippen molar-refractivity contribution in [3.8, 4) is 5.75 Å². The maximum atomic E-state index is 13.0. The van der Waals surface area contributed by atoms with E-state index in [4.69, 9.17) is 4.74 Å². The molecule has 0 saturated carbocycles. The highest BCUT2D eigenvalue weighted by atomic mass is 32.2. The molecule has 2 N–H and O–H groups in total. The molecule has 0 atom stereocenters. The van der Waals surface area contributed by atoms with Gasteiger partial charge in [0.25, 0.3) is 15.9 Å². The van der Waals surface area contributed by atoms with E-state index in [1.165, 1.54) is 20.1 Å². The normalized spacial score (nSPS) is 12.7. The summed E-state index contributed by atoms with van der Waals surface area (Å²) in [4.78, 5) is 26.4. The highest BCUT2D eigenvalue weighted by molar-refractivity contribution is 7.92. The summed E-state index contributed by atoms with van der Waals surface area (Å²) < 4.78 is 33.7. The lowest BCUT2D eigenvalue weighted by Gasteiger charge is -2.15. The predicted octanol–water partition coefficient (Wildman–Crippen LogP) is 3.97. The van der Waals surface area contributed by atoms with Crippen molar-refractivity contribution in [3.05, 3.63) is 77.4 Å². The van der Waals surface area contributed by atoms with Gasteiger partial charge in [0.2, 0.25) is 5.91 Å². The van der Waals surface area contributed by atoms with Gasteiger partial charge in [0, 0.05) is 36.1 Å². The molecule has 0 radical (unpaired) electrons.